The van der Waals surface area contributed by atoms with Crippen LogP contribution in [0.5, 0.6) is 0 Å². The number of amides is 1. The molecule has 1 atom stereocenters. The Hall–Kier alpha value is -2.56. The topological polar surface area (TPSA) is 67.2 Å². The maximum Gasteiger partial charge on any atom is 0.245 e. The van der Waals surface area contributed by atoms with Crippen LogP contribution in [0.3, 0.4) is 0 Å². The van der Waals surface area contributed by atoms with Crippen LogP contribution in [-0.2, 0) is 4.79 Å². The predicted molar refractivity (Wildman–Crippen MR) is 102 cm³/mol. The Morgan fingerprint density at radius 2 is 2.00 bits per heavy atom. The van der Waals surface area contributed by atoms with Crippen molar-refractivity contribution in [1.29, 1.82) is 0 Å². The van der Waals surface area contributed by atoms with Gasteiger partial charge in [0, 0.05) is 19.0 Å². The molecule has 1 N–H and O–H groups in total. The number of pyridine rings is 2. The fourth-order valence-corrected chi connectivity index (χ4v) is 2.37. The van der Waals surface area contributed by atoms with Crippen LogP contribution in [0.25, 0.3) is 11.4 Å². The van der Waals surface area contributed by atoms with Crippen molar-refractivity contribution in [3.63, 3.8) is 0 Å². The molecule has 0 saturated heterocycles. The Morgan fingerprint density at radius 1 is 1.20 bits per heavy atom. The lowest BCUT2D eigenvalue weighted by atomic mass is 10.0. The van der Waals surface area contributed by atoms with Gasteiger partial charge in [-0.2, -0.15) is 0 Å². The third kappa shape index (κ3) is 5.78. The number of carbonyl (C=O) groups is 1. The normalized spacial score (nSPS) is 12.5. The van der Waals surface area contributed by atoms with Gasteiger partial charge in [-0.25, -0.2) is 4.98 Å². The van der Waals surface area contributed by atoms with Crippen molar-refractivity contribution in [2.45, 2.75) is 39.7 Å². The van der Waals surface area contributed by atoms with E-state index in [-0.39, 0.29) is 11.8 Å². The van der Waals surface area contributed by atoms with E-state index in [0.717, 1.165) is 29.9 Å². The fraction of sp³-hybridized carbons (Fsp3) is 0.400. The van der Waals surface area contributed by atoms with E-state index in [1.165, 1.54) is 0 Å². The molecule has 0 aliphatic carbocycles. The molecule has 0 spiro atoms. The molecular weight excluding hydrogens is 312 g/mol. The van der Waals surface area contributed by atoms with Crippen LogP contribution in [0.15, 0.2) is 47.6 Å². The average Bonchev–Trinajstić information content (AvgIpc) is 2.63. The van der Waals surface area contributed by atoms with E-state index in [1.807, 2.05) is 50.2 Å². The van der Waals surface area contributed by atoms with Gasteiger partial charge in [0.15, 0.2) is 0 Å². The summed E-state index contributed by atoms with van der Waals surface area (Å²) in [5, 5.41) is 2.96. The first-order valence-corrected chi connectivity index (χ1v) is 8.81. The minimum absolute atomic E-state index is 0.0272. The van der Waals surface area contributed by atoms with Crippen molar-refractivity contribution in [2.75, 3.05) is 6.54 Å². The van der Waals surface area contributed by atoms with E-state index in [0.29, 0.717) is 6.54 Å². The van der Waals surface area contributed by atoms with Crippen LogP contribution in [-0.4, -0.2) is 34.7 Å². The number of hydrogen-bond donors (Lipinski definition) is 1. The van der Waals surface area contributed by atoms with E-state index in [4.69, 9.17) is 0 Å². The van der Waals surface area contributed by atoms with Gasteiger partial charge in [-0.05, 0) is 36.6 Å². The summed E-state index contributed by atoms with van der Waals surface area (Å²) < 4.78 is 0. The first-order chi connectivity index (χ1) is 12.1. The Morgan fingerprint density at radius 3 is 2.68 bits per heavy atom. The van der Waals surface area contributed by atoms with Gasteiger partial charge < -0.3 is 5.32 Å². The van der Waals surface area contributed by atoms with Crippen LogP contribution in [0, 0.1) is 5.92 Å². The monoisotopic (exact) mass is 338 g/mol. The lowest BCUT2D eigenvalue weighted by molar-refractivity contribution is -0.123. The van der Waals surface area contributed by atoms with Crippen molar-refractivity contribution in [1.82, 2.24) is 15.3 Å². The number of carbonyl (C=O) groups excluding carboxylic acids is 1. The molecule has 0 saturated carbocycles. The molecule has 2 heterocycles. The number of aromatic nitrogens is 2. The van der Waals surface area contributed by atoms with Gasteiger partial charge in [-0.1, -0.05) is 39.3 Å². The van der Waals surface area contributed by atoms with E-state index >= 15 is 0 Å². The molecule has 0 fully saturated rings. The molecule has 132 valence electrons. The van der Waals surface area contributed by atoms with Gasteiger partial charge in [0.25, 0.3) is 0 Å². The molecule has 0 aliphatic rings. The van der Waals surface area contributed by atoms with E-state index < -0.39 is 6.04 Å². The highest BCUT2D eigenvalue weighted by atomic mass is 16.2. The zero-order valence-corrected chi connectivity index (χ0v) is 15.1. The Bertz CT molecular complexity index is 698. The molecule has 0 unspecified atom stereocenters. The van der Waals surface area contributed by atoms with Crippen molar-refractivity contribution < 1.29 is 4.79 Å². The Kier molecular flexibility index (Phi) is 7.26. The molecule has 0 aromatic carbocycles. The van der Waals surface area contributed by atoms with E-state index in [1.54, 1.807) is 12.4 Å². The second-order valence-corrected chi connectivity index (χ2v) is 6.27. The van der Waals surface area contributed by atoms with Gasteiger partial charge in [0.2, 0.25) is 5.91 Å². The molecule has 2 aromatic heterocycles. The highest BCUT2D eigenvalue weighted by Crippen LogP contribution is 2.13. The zero-order valence-electron chi connectivity index (χ0n) is 15.1. The molecule has 2 aromatic rings. The lowest BCUT2D eigenvalue weighted by Gasteiger charge is -2.16. The number of nitrogens with zero attached hydrogens (tertiary/aromatic N) is 3. The van der Waals surface area contributed by atoms with Crippen LogP contribution in [0.1, 0.15) is 39.3 Å². The Labute approximate surface area is 149 Å². The third-order valence-electron chi connectivity index (χ3n) is 3.80. The summed E-state index contributed by atoms with van der Waals surface area (Å²) >= 11 is 0. The van der Waals surface area contributed by atoms with Crippen LogP contribution in [0.2, 0.25) is 0 Å². The molecule has 0 bridgehead atoms. The molecule has 0 aliphatic heterocycles. The number of nitrogens with one attached hydrogen (secondary N) is 1. The van der Waals surface area contributed by atoms with Crippen LogP contribution >= 0.6 is 0 Å². The summed E-state index contributed by atoms with van der Waals surface area (Å²) in [6, 6.07) is 11.0. The minimum atomic E-state index is -0.405. The smallest absolute Gasteiger partial charge is 0.245 e. The SMILES string of the molecule is CCCCNC(=O)[C@@H](N=Cc1cccc(-c2ccccn2)n1)C(C)C. The highest BCUT2D eigenvalue weighted by molar-refractivity contribution is 5.86. The third-order valence-corrected chi connectivity index (χ3v) is 3.80. The summed E-state index contributed by atoms with van der Waals surface area (Å²) in [4.78, 5) is 25.7. The van der Waals surface area contributed by atoms with Crippen LogP contribution < -0.4 is 5.32 Å². The largest absolute Gasteiger partial charge is 0.354 e. The molecule has 5 nitrogen and oxygen atoms in total. The number of unbranched alkanes of at least 4 members (excludes halogenated alkanes) is 1. The van der Waals surface area contributed by atoms with E-state index in [9.17, 15) is 4.79 Å². The molecular formula is C20H26N4O. The fourth-order valence-electron chi connectivity index (χ4n) is 2.37. The second-order valence-electron chi connectivity index (χ2n) is 6.27. The van der Waals surface area contributed by atoms with Crippen molar-refractivity contribution in [3.05, 3.63) is 48.3 Å². The van der Waals surface area contributed by atoms with Gasteiger partial charge in [-0.15, -0.1) is 0 Å². The average molecular weight is 338 g/mol. The second kappa shape index (κ2) is 9.67. The minimum Gasteiger partial charge on any atom is -0.354 e. The number of aliphatic imine (C=N–C) groups is 1. The summed E-state index contributed by atoms with van der Waals surface area (Å²) in [7, 11) is 0. The summed E-state index contributed by atoms with van der Waals surface area (Å²) in [5.74, 6) is 0.0948. The summed E-state index contributed by atoms with van der Waals surface area (Å²) in [6.07, 6.45) is 5.46. The predicted octanol–water partition coefficient (Wildman–Crippen LogP) is 3.50. The van der Waals surface area contributed by atoms with E-state index in [2.05, 4.69) is 27.2 Å². The number of hydrogen-bond acceptors (Lipinski definition) is 4. The first kappa shape index (κ1) is 18.8. The standard InChI is InChI=1S/C20H26N4O/c1-4-5-12-22-20(25)19(15(2)3)23-14-16-9-8-11-18(24-16)17-10-6-7-13-21-17/h6-11,13-15,19H,4-5,12H2,1-3H3,(H,22,25)/t19-/m0/s1. The van der Waals surface area contributed by atoms with Crippen molar-refractivity contribution in [3.8, 4) is 11.4 Å². The summed E-state index contributed by atoms with van der Waals surface area (Å²) in [6.45, 7) is 6.80. The maximum atomic E-state index is 12.3. The Balaban J connectivity index is 2.11. The number of rotatable bonds is 8. The first-order valence-electron chi connectivity index (χ1n) is 8.81. The van der Waals surface area contributed by atoms with Gasteiger partial charge >= 0.3 is 0 Å². The molecule has 25 heavy (non-hydrogen) atoms. The zero-order chi connectivity index (χ0) is 18.1. The van der Waals surface area contributed by atoms with Crippen molar-refractivity contribution >= 4 is 12.1 Å². The molecule has 0 radical (unpaired) electrons. The molecule has 5 heteroatoms. The van der Waals surface area contributed by atoms with Crippen LogP contribution in [0.4, 0.5) is 0 Å². The highest BCUT2D eigenvalue weighted by Gasteiger charge is 2.20. The summed E-state index contributed by atoms with van der Waals surface area (Å²) in [5.41, 5.74) is 2.32. The molecule has 1 amide bonds. The van der Waals surface area contributed by atoms with Gasteiger partial charge in [-0.3, -0.25) is 14.8 Å². The van der Waals surface area contributed by atoms with Crippen molar-refractivity contribution in [2.24, 2.45) is 10.9 Å². The lowest BCUT2D eigenvalue weighted by Crippen LogP contribution is -2.37. The quantitative estimate of drug-likeness (QED) is 0.592. The van der Waals surface area contributed by atoms with Gasteiger partial charge in [0.05, 0.1) is 17.1 Å². The van der Waals surface area contributed by atoms with Gasteiger partial charge in [0.1, 0.15) is 6.04 Å². The molecule has 2 rings (SSSR count). The maximum absolute atomic E-state index is 12.3.